The second-order valence-corrected chi connectivity index (χ2v) is 9.03. The number of nitrogens with zero attached hydrogens (tertiary/aromatic N) is 2. The summed E-state index contributed by atoms with van der Waals surface area (Å²) >= 11 is 0. The average Bonchev–Trinajstić information content (AvgIpc) is 2.85. The first-order valence-corrected chi connectivity index (χ1v) is 11.7. The number of fused-ring (bicyclic) bond motifs is 2. The number of amides is 1. The molecule has 0 unspecified atom stereocenters. The van der Waals surface area contributed by atoms with Crippen molar-refractivity contribution in [1.29, 1.82) is 0 Å². The summed E-state index contributed by atoms with van der Waals surface area (Å²) in [6.45, 7) is 0.755. The molecule has 0 atom stereocenters. The summed E-state index contributed by atoms with van der Waals surface area (Å²) in [5, 5.41) is 2.62. The van der Waals surface area contributed by atoms with E-state index in [9.17, 15) is 18.0 Å². The van der Waals surface area contributed by atoms with Gasteiger partial charge in [-0.25, -0.2) is 13.4 Å². The number of aromatic nitrogens is 2. The van der Waals surface area contributed by atoms with Crippen LogP contribution in [0.3, 0.4) is 0 Å². The van der Waals surface area contributed by atoms with E-state index in [0.29, 0.717) is 41.7 Å². The van der Waals surface area contributed by atoms with Crippen molar-refractivity contribution in [1.82, 2.24) is 9.38 Å². The SMILES string of the molecule is O=C(Nc1ccc(NS(=O)(=O)c2ccc3c(c2)OCCO3)cc1)c1cnc2ccccn2c1=O. The average molecular weight is 478 g/mol. The minimum absolute atomic E-state index is 0.0263. The van der Waals surface area contributed by atoms with Gasteiger partial charge < -0.3 is 14.8 Å². The van der Waals surface area contributed by atoms with Gasteiger partial charge in [0.2, 0.25) is 0 Å². The third kappa shape index (κ3) is 4.16. The minimum atomic E-state index is -3.88. The Kier molecular flexibility index (Phi) is 5.38. The maximum absolute atomic E-state index is 12.8. The molecule has 0 radical (unpaired) electrons. The van der Waals surface area contributed by atoms with Crippen LogP contribution in [0.25, 0.3) is 5.65 Å². The molecule has 1 amide bonds. The van der Waals surface area contributed by atoms with E-state index in [0.717, 1.165) is 0 Å². The van der Waals surface area contributed by atoms with E-state index in [-0.39, 0.29) is 10.5 Å². The molecule has 0 saturated heterocycles. The van der Waals surface area contributed by atoms with Gasteiger partial charge in [0, 0.05) is 29.8 Å². The van der Waals surface area contributed by atoms with Crippen LogP contribution in [-0.2, 0) is 10.0 Å². The smallest absolute Gasteiger partial charge is 0.270 e. The second-order valence-electron chi connectivity index (χ2n) is 7.35. The Morgan fingerprint density at radius 2 is 1.68 bits per heavy atom. The van der Waals surface area contributed by atoms with Crippen molar-refractivity contribution in [2.45, 2.75) is 4.90 Å². The lowest BCUT2D eigenvalue weighted by Crippen LogP contribution is -2.26. The molecule has 3 heterocycles. The van der Waals surface area contributed by atoms with Gasteiger partial charge in [0.15, 0.2) is 11.5 Å². The maximum Gasteiger partial charge on any atom is 0.270 e. The molecule has 2 N–H and O–H groups in total. The summed E-state index contributed by atoms with van der Waals surface area (Å²) in [5.41, 5.74) is 0.489. The normalized spacial score (nSPS) is 12.8. The fourth-order valence-corrected chi connectivity index (χ4v) is 4.48. The molecule has 2 aromatic heterocycles. The Labute approximate surface area is 193 Å². The van der Waals surface area contributed by atoms with Gasteiger partial charge in [-0.1, -0.05) is 6.07 Å². The summed E-state index contributed by atoms with van der Waals surface area (Å²) in [6.07, 6.45) is 2.76. The van der Waals surface area contributed by atoms with Gasteiger partial charge in [-0.05, 0) is 48.5 Å². The van der Waals surface area contributed by atoms with E-state index >= 15 is 0 Å². The van der Waals surface area contributed by atoms with Crippen LogP contribution in [0.2, 0.25) is 0 Å². The van der Waals surface area contributed by atoms with Crippen LogP contribution in [0.15, 0.2) is 82.7 Å². The van der Waals surface area contributed by atoms with Gasteiger partial charge in [-0.2, -0.15) is 0 Å². The molecule has 10 nitrogen and oxygen atoms in total. The molecule has 2 aromatic carbocycles. The Hall–Kier alpha value is -4.38. The van der Waals surface area contributed by atoms with Crippen molar-refractivity contribution in [2.75, 3.05) is 23.3 Å². The number of anilines is 2. The number of hydrogen-bond donors (Lipinski definition) is 2. The van der Waals surface area contributed by atoms with E-state index in [1.54, 1.807) is 24.3 Å². The number of ether oxygens (including phenoxy) is 2. The highest BCUT2D eigenvalue weighted by atomic mass is 32.2. The van der Waals surface area contributed by atoms with Gasteiger partial charge in [0.05, 0.1) is 4.90 Å². The predicted octanol–water partition coefficient (Wildman–Crippen LogP) is 2.52. The van der Waals surface area contributed by atoms with Gasteiger partial charge in [0.1, 0.15) is 24.4 Å². The molecule has 0 aliphatic carbocycles. The van der Waals surface area contributed by atoms with Gasteiger partial charge in [-0.3, -0.25) is 18.7 Å². The molecule has 4 aromatic rings. The monoisotopic (exact) mass is 478 g/mol. The van der Waals surface area contributed by atoms with Crippen molar-refractivity contribution in [3.8, 4) is 11.5 Å². The molecule has 0 saturated carbocycles. The molecule has 0 bridgehead atoms. The lowest BCUT2D eigenvalue weighted by Gasteiger charge is -2.19. The van der Waals surface area contributed by atoms with Crippen molar-refractivity contribution in [2.24, 2.45) is 0 Å². The fraction of sp³-hybridized carbons (Fsp3) is 0.0870. The summed E-state index contributed by atoms with van der Waals surface area (Å²) in [5.74, 6) is 0.234. The summed E-state index contributed by atoms with van der Waals surface area (Å²) in [7, 11) is -3.88. The van der Waals surface area contributed by atoms with Crippen molar-refractivity contribution in [3.63, 3.8) is 0 Å². The molecule has 34 heavy (non-hydrogen) atoms. The molecule has 5 rings (SSSR count). The van der Waals surface area contributed by atoms with Gasteiger partial charge in [-0.15, -0.1) is 0 Å². The Balaban J connectivity index is 1.31. The van der Waals surface area contributed by atoms with Crippen LogP contribution in [0, 0.1) is 0 Å². The van der Waals surface area contributed by atoms with Crippen LogP contribution in [0.4, 0.5) is 11.4 Å². The van der Waals surface area contributed by atoms with Crippen LogP contribution >= 0.6 is 0 Å². The van der Waals surface area contributed by atoms with Crippen LogP contribution in [0.5, 0.6) is 11.5 Å². The van der Waals surface area contributed by atoms with Crippen LogP contribution < -0.4 is 25.1 Å². The molecule has 0 spiro atoms. The molecular formula is C23H18N4O6S. The second kappa shape index (κ2) is 8.52. The Morgan fingerprint density at radius 1 is 0.941 bits per heavy atom. The third-order valence-electron chi connectivity index (χ3n) is 5.08. The standard InChI is InChI=1S/C23H18N4O6S/c28-22(18-14-24-21-3-1-2-10-27(21)23(18)29)25-15-4-6-16(7-5-15)26-34(30,31)17-8-9-19-20(13-17)33-12-11-32-19/h1-10,13-14,26H,11-12H2,(H,25,28). The number of nitrogens with one attached hydrogen (secondary N) is 2. The third-order valence-corrected chi connectivity index (χ3v) is 6.46. The zero-order chi connectivity index (χ0) is 23.7. The molecular weight excluding hydrogens is 460 g/mol. The number of hydrogen-bond acceptors (Lipinski definition) is 7. The highest BCUT2D eigenvalue weighted by Crippen LogP contribution is 2.32. The molecule has 1 aliphatic heterocycles. The first-order valence-electron chi connectivity index (χ1n) is 10.2. The zero-order valence-corrected chi connectivity index (χ0v) is 18.4. The van der Waals surface area contributed by atoms with Gasteiger partial charge in [0.25, 0.3) is 21.5 Å². The topological polar surface area (TPSA) is 128 Å². The summed E-state index contributed by atoms with van der Waals surface area (Å²) < 4.78 is 40.1. The summed E-state index contributed by atoms with van der Waals surface area (Å²) in [4.78, 5) is 29.3. The molecule has 172 valence electrons. The molecule has 11 heteroatoms. The lowest BCUT2D eigenvalue weighted by molar-refractivity contribution is 0.102. The first-order chi connectivity index (χ1) is 16.4. The molecule has 0 fully saturated rings. The van der Waals surface area contributed by atoms with Crippen LogP contribution in [-0.4, -0.2) is 36.9 Å². The number of carbonyl (C=O) groups is 1. The summed E-state index contributed by atoms with van der Waals surface area (Å²) in [6, 6.07) is 15.5. The predicted molar refractivity (Wildman–Crippen MR) is 124 cm³/mol. The van der Waals surface area contributed by atoms with E-state index < -0.39 is 21.5 Å². The zero-order valence-electron chi connectivity index (χ0n) is 17.6. The number of sulfonamides is 1. The fourth-order valence-electron chi connectivity index (χ4n) is 3.41. The largest absolute Gasteiger partial charge is 0.486 e. The quantitative estimate of drug-likeness (QED) is 0.451. The Morgan fingerprint density at radius 3 is 2.47 bits per heavy atom. The number of carbonyl (C=O) groups excluding carboxylic acids is 1. The van der Waals surface area contributed by atoms with Crippen molar-refractivity contribution < 1.29 is 22.7 Å². The van der Waals surface area contributed by atoms with E-state index in [1.807, 2.05) is 0 Å². The van der Waals surface area contributed by atoms with Crippen molar-refractivity contribution in [3.05, 3.63) is 89.0 Å². The number of benzene rings is 2. The first kappa shape index (κ1) is 21.5. The Bertz CT molecular complexity index is 1560. The van der Waals surface area contributed by atoms with Crippen molar-refractivity contribution >= 4 is 33.0 Å². The lowest BCUT2D eigenvalue weighted by atomic mass is 10.2. The van der Waals surface area contributed by atoms with E-state index in [1.165, 1.54) is 53.2 Å². The maximum atomic E-state index is 12.8. The number of rotatable bonds is 5. The highest BCUT2D eigenvalue weighted by Gasteiger charge is 2.20. The highest BCUT2D eigenvalue weighted by molar-refractivity contribution is 7.92. The van der Waals surface area contributed by atoms with E-state index in [2.05, 4.69) is 15.0 Å². The minimum Gasteiger partial charge on any atom is -0.486 e. The molecule has 1 aliphatic rings. The van der Waals surface area contributed by atoms with E-state index in [4.69, 9.17) is 9.47 Å². The number of pyridine rings is 1. The van der Waals surface area contributed by atoms with Crippen LogP contribution in [0.1, 0.15) is 10.4 Å². The van der Waals surface area contributed by atoms with Gasteiger partial charge >= 0.3 is 0 Å².